The monoisotopic (exact) mass is 484 g/mol. The number of amides is 1. The van der Waals surface area contributed by atoms with Crippen LogP contribution in [0.3, 0.4) is 0 Å². The molecule has 2 aromatic carbocycles. The van der Waals surface area contributed by atoms with Crippen LogP contribution < -0.4 is 14.8 Å². The molecule has 5 nitrogen and oxygen atoms in total. The number of likely N-dealkylation sites (tertiary alicyclic amines) is 1. The Morgan fingerprint density at radius 3 is 2.30 bits per heavy atom. The van der Waals surface area contributed by atoms with Gasteiger partial charge in [0.15, 0.2) is 0 Å². The molecule has 4 rings (SSSR count). The van der Waals surface area contributed by atoms with Gasteiger partial charge in [-0.2, -0.15) is 11.3 Å². The smallest absolute Gasteiger partial charge is 0.223 e. The first kappa shape index (κ1) is 23.6. The molecule has 1 saturated heterocycles. The average Bonchev–Trinajstić information content (AvgIpc) is 3.38. The molecule has 1 amide bonds. The summed E-state index contributed by atoms with van der Waals surface area (Å²) in [5, 5.41) is 8.11. The number of rotatable bonds is 8. The third-order valence-corrected chi connectivity index (χ3v) is 7.10. The second kappa shape index (κ2) is 11.1. The van der Waals surface area contributed by atoms with E-state index in [1.165, 1.54) is 0 Å². The molecule has 2 heterocycles. The minimum absolute atomic E-state index is 0.00883. The summed E-state index contributed by atoms with van der Waals surface area (Å²) >= 11 is 7.70. The number of benzene rings is 2. The number of carbonyl (C=O) groups excluding carboxylic acids is 1. The van der Waals surface area contributed by atoms with Crippen molar-refractivity contribution in [3.05, 3.63) is 81.0 Å². The van der Waals surface area contributed by atoms with Crippen molar-refractivity contribution in [1.82, 2.24) is 10.2 Å². The molecule has 7 heteroatoms. The zero-order chi connectivity index (χ0) is 23.2. The number of ether oxygens (including phenoxy) is 2. The predicted molar refractivity (Wildman–Crippen MR) is 133 cm³/mol. The van der Waals surface area contributed by atoms with E-state index in [0.717, 1.165) is 60.7 Å². The standard InChI is InChI=1S/C26H29ClN2O3S/c1-31-23-13-18(14-24(15-23)32-2)16-29-10-7-20(8-11-29)26(30)28-25(21-9-12-33-17-21)19-3-5-22(27)6-4-19/h3-6,9,12-15,17,20,25H,7-8,10-11,16H2,1-2H3,(H,28,30). The van der Waals surface area contributed by atoms with Gasteiger partial charge < -0.3 is 14.8 Å². The fraction of sp³-hybridized carbons (Fsp3) is 0.346. The molecule has 33 heavy (non-hydrogen) atoms. The molecule has 0 bridgehead atoms. The van der Waals surface area contributed by atoms with Gasteiger partial charge in [-0.25, -0.2) is 0 Å². The number of halogens is 1. The molecule has 0 saturated carbocycles. The first-order chi connectivity index (χ1) is 16.1. The van der Waals surface area contributed by atoms with Crippen molar-refractivity contribution in [1.29, 1.82) is 0 Å². The largest absolute Gasteiger partial charge is 0.497 e. The number of methoxy groups -OCH3 is 2. The molecule has 1 aliphatic rings. The van der Waals surface area contributed by atoms with Crippen LogP contribution in [0.4, 0.5) is 0 Å². The van der Waals surface area contributed by atoms with E-state index in [1.54, 1.807) is 25.6 Å². The summed E-state index contributed by atoms with van der Waals surface area (Å²) in [7, 11) is 3.33. The fourth-order valence-electron chi connectivity index (χ4n) is 4.28. The Labute approximate surface area is 204 Å². The summed E-state index contributed by atoms with van der Waals surface area (Å²) in [4.78, 5) is 15.6. The van der Waals surface area contributed by atoms with Crippen molar-refractivity contribution >= 4 is 28.8 Å². The van der Waals surface area contributed by atoms with Crippen LogP contribution in [0.15, 0.2) is 59.3 Å². The van der Waals surface area contributed by atoms with Gasteiger partial charge >= 0.3 is 0 Å². The van der Waals surface area contributed by atoms with E-state index >= 15 is 0 Å². The van der Waals surface area contributed by atoms with E-state index in [0.29, 0.717) is 5.02 Å². The lowest BCUT2D eigenvalue weighted by molar-refractivity contribution is -0.127. The highest BCUT2D eigenvalue weighted by atomic mass is 35.5. The maximum atomic E-state index is 13.2. The van der Waals surface area contributed by atoms with E-state index in [4.69, 9.17) is 21.1 Å². The lowest BCUT2D eigenvalue weighted by Gasteiger charge is -2.32. The van der Waals surface area contributed by atoms with Crippen LogP contribution in [0, 0.1) is 5.92 Å². The molecule has 0 radical (unpaired) electrons. The zero-order valence-electron chi connectivity index (χ0n) is 18.9. The summed E-state index contributed by atoms with van der Waals surface area (Å²) in [5.74, 6) is 1.71. The molecule has 1 unspecified atom stereocenters. The van der Waals surface area contributed by atoms with E-state index < -0.39 is 0 Å². The normalized spacial score (nSPS) is 15.7. The molecule has 0 spiro atoms. The van der Waals surface area contributed by atoms with Gasteiger partial charge in [-0.05, 0) is 83.7 Å². The van der Waals surface area contributed by atoms with Crippen molar-refractivity contribution < 1.29 is 14.3 Å². The second-order valence-electron chi connectivity index (χ2n) is 8.32. The second-order valence-corrected chi connectivity index (χ2v) is 9.54. The average molecular weight is 485 g/mol. The summed E-state index contributed by atoms with van der Waals surface area (Å²) in [6.07, 6.45) is 1.67. The van der Waals surface area contributed by atoms with Gasteiger partial charge in [-0.3, -0.25) is 9.69 Å². The number of hydrogen-bond donors (Lipinski definition) is 1. The highest BCUT2D eigenvalue weighted by Gasteiger charge is 2.27. The molecule has 1 aliphatic heterocycles. The number of thiophene rings is 1. The quantitative estimate of drug-likeness (QED) is 0.456. The van der Waals surface area contributed by atoms with Crippen LogP contribution in [-0.4, -0.2) is 38.1 Å². The Bertz CT molecular complexity index is 1030. The number of carbonyl (C=O) groups is 1. The van der Waals surface area contributed by atoms with Crippen molar-refractivity contribution in [2.24, 2.45) is 5.92 Å². The SMILES string of the molecule is COc1cc(CN2CCC(C(=O)NC(c3ccc(Cl)cc3)c3ccsc3)CC2)cc(OC)c1. The first-order valence-electron chi connectivity index (χ1n) is 11.1. The minimum Gasteiger partial charge on any atom is -0.497 e. The Morgan fingerprint density at radius 1 is 1.06 bits per heavy atom. The Morgan fingerprint density at radius 2 is 1.73 bits per heavy atom. The molecule has 1 aromatic heterocycles. The Balaban J connectivity index is 1.37. The van der Waals surface area contributed by atoms with Gasteiger partial charge in [-0.15, -0.1) is 0 Å². The van der Waals surface area contributed by atoms with Crippen molar-refractivity contribution in [3.8, 4) is 11.5 Å². The molecule has 3 aromatic rings. The predicted octanol–water partition coefficient (Wildman–Crippen LogP) is 5.54. The third kappa shape index (κ3) is 6.08. The van der Waals surface area contributed by atoms with E-state index in [9.17, 15) is 4.79 Å². The lowest BCUT2D eigenvalue weighted by Crippen LogP contribution is -2.41. The van der Waals surface area contributed by atoms with Crippen LogP contribution in [0.25, 0.3) is 0 Å². The van der Waals surface area contributed by atoms with Gasteiger partial charge in [-0.1, -0.05) is 23.7 Å². The van der Waals surface area contributed by atoms with E-state index in [2.05, 4.69) is 21.7 Å². The van der Waals surface area contributed by atoms with Crippen LogP contribution in [0.2, 0.25) is 5.02 Å². The molecule has 174 valence electrons. The van der Waals surface area contributed by atoms with E-state index in [1.807, 2.05) is 47.8 Å². The Kier molecular flexibility index (Phi) is 7.91. The minimum atomic E-state index is -0.164. The summed E-state index contributed by atoms with van der Waals surface area (Å²) in [6.45, 7) is 2.56. The molecule has 1 N–H and O–H groups in total. The number of nitrogens with one attached hydrogen (secondary N) is 1. The third-order valence-electron chi connectivity index (χ3n) is 6.14. The van der Waals surface area contributed by atoms with Crippen molar-refractivity contribution in [2.45, 2.75) is 25.4 Å². The first-order valence-corrected chi connectivity index (χ1v) is 12.4. The van der Waals surface area contributed by atoms with E-state index in [-0.39, 0.29) is 17.9 Å². The van der Waals surface area contributed by atoms with Gasteiger partial charge in [0.2, 0.25) is 5.91 Å². The summed E-state index contributed by atoms with van der Waals surface area (Å²) in [6, 6.07) is 15.6. The number of hydrogen-bond acceptors (Lipinski definition) is 5. The topological polar surface area (TPSA) is 50.8 Å². The van der Waals surface area contributed by atoms with Gasteiger partial charge in [0.25, 0.3) is 0 Å². The van der Waals surface area contributed by atoms with Gasteiger partial charge in [0.05, 0.1) is 20.3 Å². The molecule has 0 aliphatic carbocycles. The van der Waals surface area contributed by atoms with Crippen LogP contribution in [-0.2, 0) is 11.3 Å². The number of nitrogens with zero attached hydrogens (tertiary/aromatic N) is 1. The highest BCUT2D eigenvalue weighted by Crippen LogP contribution is 2.28. The summed E-state index contributed by atoms with van der Waals surface area (Å²) in [5.41, 5.74) is 3.28. The van der Waals surface area contributed by atoms with Crippen LogP contribution in [0.5, 0.6) is 11.5 Å². The molecular formula is C26H29ClN2O3S. The maximum absolute atomic E-state index is 13.2. The zero-order valence-corrected chi connectivity index (χ0v) is 20.5. The van der Waals surface area contributed by atoms with Gasteiger partial charge in [0, 0.05) is 23.6 Å². The fourth-order valence-corrected chi connectivity index (χ4v) is 5.09. The van der Waals surface area contributed by atoms with Gasteiger partial charge in [0.1, 0.15) is 11.5 Å². The molecular weight excluding hydrogens is 456 g/mol. The van der Waals surface area contributed by atoms with Crippen LogP contribution in [0.1, 0.15) is 35.6 Å². The maximum Gasteiger partial charge on any atom is 0.223 e. The Hall–Kier alpha value is -2.54. The van der Waals surface area contributed by atoms with Crippen molar-refractivity contribution in [2.75, 3.05) is 27.3 Å². The molecule has 1 fully saturated rings. The lowest BCUT2D eigenvalue weighted by atomic mass is 9.93. The highest BCUT2D eigenvalue weighted by molar-refractivity contribution is 7.08. The van der Waals surface area contributed by atoms with Crippen molar-refractivity contribution in [3.63, 3.8) is 0 Å². The molecule has 1 atom stereocenters. The number of piperidine rings is 1. The van der Waals surface area contributed by atoms with Crippen LogP contribution >= 0.6 is 22.9 Å². The summed E-state index contributed by atoms with van der Waals surface area (Å²) < 4.78 is 10.8.